The van der Waals surface area contributed by atoms with Crippen molar-refractivity contribution in [3.8, 4) is 0 Å². The molecule has 0 saturated heterocycles. The summed E-state index contributed by atoms with van der Waals surface area (Å²) in [6.45, 7) is 1.62. The molecule has 0 aromatic rings. The number of ketones is 2. The lowest BCUT2D eigenvalue weighted by molar-refractivity contribution is -0.120. The van der Waals surface area contributed by atoms with Gasteiger partial charge in [-0.3, -0.25) is 9.59 Å². The molecule has 0 spiro atoms. The van der Waals surface area contributed by atoms with Crippen LogP contribution in [0.3, 0.4) is 0 Å². The predicted molar refractivity (Wildman–Crippen MR) is 58.5 cm³/mol. The number of hydrogen-bond acceptors (Lipinski definition) is 2. The molecule has 0 radical (unpaired) electrons. The molecule has 2 heteroatoms. The van der Waals surface area contributed by atoms with Crippen LogP contribution in [0.5, 0.6) is 0 Å². The monoisotopic (exact) mass is 206 g/mol. The maximum absolute atomic E-state index is 11.8. The Balaban J connectivity index is 2.29. The fourth-order valence-electron chi connectivity index (χ4n) is 2.85. The van der Waals surface area contributed by atoms with Gasteiger partial charge < -0.3 is 0 Å². The van der Waals surface area contributed by atoms with Crippen LogP contribution in [0.2, 0.25) is 0 Å². The van der Waals surface area contributed by atoms with Crippen LogP contribution in [0.25, 0.3) is 0 Å². The molecule has 2 fully saturated rings. The SMILES string of the molecule is CC(=O)C1CCC(=O)C1=C1CCCCC1. The Hall–Kier alpha value is -0.920. The molecular formula is C13H18O2. The zero-order chi connectivity index (χ0) is 10.8. The van der Waals surface area contributed by atoms with Gasteiger partial charge in [0.1, 0.15) is 5.78 Å². The van der Waals surface area contributed by atoms with Crippen molar-refractivity contribution in [2.24, 2.45) is 5.92 Å². The molecule has 0 bridgehead atoms. The molecule has 0 heterocycles. The predicted octanol–water partition coefficient (Wildman–Crippen LogP) is 2.82. The first kappa shape index (κ1) is 10.6. The molecule has 1 unspecified atom stereocenters. The van der Waals surface area contributed by atoms with Crippen LogP contribution in [0.4, 0.5) is 0 Å². The number of carbonyl (C=O) groups is 2. The number of rotatable bonds is 1. The molecule has 1 atom stereocenters. The van der Waals surface area contributed by atoms with Gasteiger partial charge in [-0.2, -0.15) is 0 Å². The molecule has 0 amide bonds. The van der Waals surface area contributed by atoms with E-state index in [1.165, 1.54) is 24.8 Å². The fraction of sp³-hybridized carbons (Fsp3) is 0.692. The third-order valence-corrected chi connectivity index (χ3v) is 3.64. The normalized spacial score (nSPS) is 27.3. The highest BCUT2D eigenvalue weighted by atomic mass is 16.1. The Morgan fingerprint density at radius 3 is 2.40 bits per heavy atom. The second kappa shape index (κ2) is 4.30. The third-order valence-electron chi connectivity index (χ3n) is 3.64. The van der Waals surface area contributed by atoms with Crippen molar-refractivity contribution in [3.05, 3.63) is 11.1 Å². The first-order valence-corrected chi connectivity index (χ1v) is 5.95. The summed E-state index contributed by atoms with van der Waals surface area (Å²) in [5.74, 6) is 0.353. The Bertz CT molecular complexity index is 317. The molecule has 82 valence electrons. The van der Waals surface area contributed by atoms with E-state index in [9.17, 15) is 9.59 Å². The number of allylic oxidation sites excluding steroid dienone is 2. The number of Topliss-reactive ketones (excluding diaryl/α,β-unsaturated/α-hetero) is 2. The van der Waals surface area contributed by atoms with Gasteiger partial charge in [0, 0.05) is 17.9 Å². The Labute approximate surface area is 90.7 Å². The maximum atomic E-state index is 11.8. The van der Waals surface area contributed by atoms with Crippen LogP contribution in [0, 0.1) is 5.92 Å². The van der Waals surface area contributed by atoms with Crippen molar-refractivity contribution >= 4 is 11.6 Å². The van der Waals surface area contributed by atoms with Crippen LogP contribution in [0.1, 0.15) is 51.9 Å². The quantitative estimate of drug-likeness (QED) is 0.618. The molecule has 2 aliphatic rings. The Kier molecular flexibility index (Phi) is 3.03. The highest BCUT2D eigenvalue weighted by Gasteiger charge is 2.34. The molecule has 0 aliphatic heterocycles. The largest absolute Gasteiger partial charge is 0.299 e. The van der Waals surface area contributed by atoms with Crippen LogP contribution in [-0.2, 0) is 9.59 Å². The molecule has 0 aromatic heterocycles. The van der Waals surface area contributed by atoms with E-state index >= 15 is 0 Å². The summed E-state index contributed by atoms with van der Waals surface area (Å²) in [6, 6.07) is 0. The van der Waals surface area contributed by atoms with Gasteiger partial charge in [0.2, 0.25) is 0 Å². The highest BCUT2D eigenvalue weighted by Crippen LogP contribution is 2.36. The van der Waals surface area contributed by atoms with Crippen molar-refractivity contribution < 1.29 is 9.59 Å². The minimum atomic E-state index is -0.0643. The highest BCUT2D eigenvalue weighted by molar-refractivity contribution is 6.05. The lowest BCUT2D eigenvalue weighted by atomic mass is 9.85. The van der Waals surface area contributed by atoms with E-state index in [0.29, 0.717) is 6.42 Å². The number of carbonyl (C=O) groups excluding carboxylic acids is 2. The Morgan fingerprint density at radius 1 is 1.13 bits per heavy atom. The zero-order valence-corrected chi connectivity index (χ0v) is 9.34. The van der Waals surface area contributed by atoms with Crippen LogP contribution < -0.4 is 0 Å². The molecule has 2 nitrogen and oxygen atoms in total. The van der Waals surface area contributed by atoms with Crippen LogP contribution >= 0.6 is 0 Å². The van der Waals surface area contributed by atoms with E-state index in [1.807, 2.05) is 0 Å². The van der Waals surface area contributed by atoms with E-state index < -0.39 is 0 Å². The molecule has 2 rings (SSSR count). The van der Waals surface area contributed by atoms with E-state index in [-0.39, 0.29) is 17.5 Å². The van der Waals surface area contributed by atoms with Gasteiger partial charge >= 0.3 is 0 Å². The van der Waals surface area contributed by atoms with E-state index in [0.717, 1.165) is 24.8 Å². The summed E-state index contributed by atoms with van der Waals surface area (Å²) in [6.07, 6.45) is 7.09. The fourth-order valence-corrected chi connectivity index (χ4v) is 2.85. The van der Waals surface area contributed by atoms with Crippen LogP contribution in [-0.4, -0.2) is 11.6 Å². The van der Waals surface area contributed by atoms with Crippen molar-refractivity contribution in [3.63, 3.8) is 0 Å². The maximum Gasteiger partial charge on any atom is 0.159 e. The van der Waals surface area contributed by atoms with Crippen molar-refractivity contribution in [2.75, 3.05) is 0 Å². The van der Waals surface area contributed by atoms with E-state index in [4.69, 9.17) is 0 Å². The molecule has 0 N–H and O–H groups in total. The molecule has 0 aromatic carbocycles. The smallest absolute Gasteiger partial charge is 0.159 e. The molecular weight excluding hydrogens is 188 g/mol. The average Bonchev–Trinajstić information content (AvgIpc) is 2.61. The second-order valence-electron chi connectivity index (χ2n) is 4.70. The summed E-state index contributed by atoms with van der Waals surface area (Å²) in [4.78, 5) is 23.2. The summed E-state index contributed by atoms with van der Waals surface area (Å²) in [7, 11) is 0. The van der Waals surface area contributed by atoms with Gasteiger partial charge in [0.25, 0.3) is 0 Å². The van der Waals surface area contributed by atoms with Crippen molar-refractivity contribution in [1.29, 1.82) is 0 Å². The van der Waals surface area contributed by atoms with Gasteiger partial charge in [-0.05, 0) is 39.0 Å². The first-order chi connectivity index (χ1) is 7.20. The summed E-state index contributed by atoms with van der Waals surface area (Å²) < 4.78 is 0. The second-order valence-corrected chi connectivity index (χ2v) is 4.70. The van der Waals surface area contributed by atoms with Gasteiger partial charge in [-0.1, -0.05) is 12.0 Å². The molecule has 15 heavy (non-hydrogen) atoms. The summed E-state index contributed by atoms with van der Waals surface area (Å²) >= 11 is 0. The number of hydrogen-bond donors (Lipinski definition) is 0. The standard InChI is InChI=1S/C13H18O2/c1-9(14)11-7-8-12(15)13(11)10-5-3-2-4-6-10/h11H,2-8H2,1H3. The van der Waals surface area contributed by atoms with E-state index in [1.54, 1.807) is 6.92 Å². The first-order valence-electron chi connectivity index (χ1n) is 5.95. The molecule has 2 saturated carbocycles. The van der Waals surface area contributed by atoms with Crippen molar-refractivity contribution in [1.82, 2.24) is 0 Å². The molecule has 2 aliphatic carbocycles. The summed E-state index contributed by atoms with van der Waals surface area (Å²) in [5, 5.41) is 0. The average molecular weight is 206 g/mol. The van der Waals surface area contributed by atoms with Crippen LogP contribution in [0.15, 0.2) is 11.1 Å². The zero-order valence-electron chi connectivity index (χ0n) is 9.34. The van der Waals surface area contributed by atoms with Gasteiger partial charge in [-0.25, -0.2) is 0 Å². The third kappa shape index (κ3) is 2.04. The topological polar surface area (TPSA) is 34.1 Å². The van der Waals surface area contributed by atoms with Gasteiger partial charge in [-0.15, -0.1) is 0 Å². The van der Waals surface area contributed by atoms with E-state index in [2.05, 4.69) is 0 Å². The summed E-state index contributed by atoms with van der Waals surface area (Å²) in [5.41, 5.74) is 2.20. The minimum absolute atomic E-state index is 0.0643. The van der Waals surface area contributed by atoms with Gasteiger partial charge in [0.15, 0.2) is 5.78 Å². The van der Waals surface area contributed by atoms with Crippen molar-refractivity contribution in [2.45, 2.75) is 51.9 Å². The minimum Gasteiger partial charge on any atom is -0.299 e. The Morgan fingerprint density at radius 2 is 1.80 bits per heavy atom. The lowest BCUT2D eigenvalue weighted by Gasteiger charge is -2.18. The van der Waals surface area contributed by atoms with Gasteiger partial charge in [0.05, 0.1) is 0 Å². The lowest BCUT2D eigenvalue weighted by Crippen LogP contribution is -2.14.